The highest BCUT2D eigenvalue weighted by atomic mass is 32.1. The number of carbonyl (C=O) groups is 1. The van der Waals surface area contributed by atoms with Crippen molar-refractivity contribution in [2.24, 2.45) is 5.92 Å². The summed E-state index contributed by atoms with van der Waals surface area (Å²) in [4.78, 5) is 19.2. The minimum Gasteiger partial charge on any atom is -0.444 e. The first-order valence-electron chi connectivity index (χ1n) is 7.80. The smallest absolute Gasteiger partial charge is 0.410 e. The standard InChI is InChI=1S/C16H26N2O3S/c1-12-14(22-11-17-12)10-20-9-13-5-7-18(8-6-13)15(19)21-16(2,3)4/h11,13H,5-10H2,1-4H3. The molecule has 0 unspecified atom stereocenters. The molecule has 0 aromatic carbocycles. The third-order valence-corrected chi connectivity index (χ3v) is 4.61. The van der Waals surface area contributed by atoms with Gasteiger partial charge in [0.05, 0.1) is 29.3 Å². The Morgan fingerprint density at radius 2 is 2.09 bits per heavy atom. The zero-order valence-corrected chi connectivity index (χ0v) is 14.7. The van der Waals surface area contributed by atoms with Gasteiger partial charge in [-0.15, -0.1) is 11.3 Å². The fraction of sp³-hybridized carbons (Fsp3) is 0.750. The number of nitrogens with zero attached hydrogens (tertiary/aromatic N) is 2. The van der Waals surface area contributed by atoms with Crippen LogP contribution in [0.3, 0.4) is 0 Å². The molecule has 0 atom stereocenters. The highest BCUT2D eigenvalue weighted by Crippen LogP contribution is 2.21. The summed E-state index contributed by atoms with van der Waals surface area (Å²) in [6, 6.07) is 0. The van der Waals surface area contributed by atoms with E-state index >= 15 is 0 Å². The second-order valence-corrected chi connectivity index (χ2v) is 7.73. The molecule has 2 heterocycles. The third kappa shape index (κ3) is 5.25. The first-order chi connectivity index (χ1) is 10.3. The van der Waals surface area contributed by atoms with E-state index in [4.69, 9.17) is 9.47 Å². The van der Waals surface area contributed by atoms with Crippen LogP contribution in [-0.4, -0.2) is 41.3 Å². The second-order valence-electron chi connectivity index (χ2n) is 6.79. The second kappa shape index (κ2) is 7.42. The van der Waals surface area contributed by atoms with Crippen molar-refractivity contribution in [3.8, 4) is 0 Å². The van der Waals surface area contributed by atoms with E-state index in [1.54, 1.807) is 16.2 Å². The normalized spacial score (nSPS) is 16.8. The van der Waals surface area contributed by atoms with Gasteiger partial charge in [-0.2, -0.15) is 0 Å². The van der Waals surface area contributed by atoms with Crippen LogP contribution in [0.2, 0.25) is 0 Å². The quantitative estimate of drug-likeness (QED) is 0.848. The first kappa shape index (κ1) is 17.2. The summed E-state index contributed by atoms with van der Waals surface area (Å²) >= 11 is 1.64. The van der Waals surface area contributed by atoms with Crippen molar-refractivity contribution in [2.75, 3.05) is 19.7 Å². The van der Waals surface area contributed by atoms with Crippen LogP contribution in [0.25, 0.3) is 0 Å². The van der Waals surface area contributed by atoms with E-state index in [2.05, 4.69) is 4.98 Å². The van der Waals surface area contributed by atoms with Gasteiger partial charge in [0.15, 0.2) is 0 Å². The van der Waals surface area contributed by atoms with Crippen LogP contribution in [0.4, 0.5) is 4.79 Å². The van der Waals surface area contributed by atoms with Crippen molar-refractivity contribution >= 4 is 17.4 Å². The number of aryl methyl sites for hydroxylation is 1. The van der Waals surface area contributed by atoms with Gasteiger partial charge in [-0.25, -0.2) is 9.78 Å². The van der Waals surface area contributed by atoms with E-state index in [1.807, 2.05) is 33.2 Å². The Labute approximate surface area is 136 Å². The molecule has 5 nitrogen and oxygen atoms in total. The summed E-state index contributed by atoms with van der Waals surface area (Å²) in [6.45, 7) is 10.6. The van der Waals surface area contributed by atoms with Crippen LogP contribution in [0.1, 0.15) is 44.2 Å². The van der Waals surface area contributed by atoms with Crippen LogP contribution >= 0.6 is 11.3 Å². The summed E-state index contributed by atoms with van der Waals surface area (Å²) in [6.07, 6.45) is 1.74. The Bertz CT molecular complexity index is 488. The lowest BCUT2D eigenvalue weighted by atomic mass is 9.98. The Morgan fingerprint density at radius 3 is 2.64 bits per heavy atom. The molecule has 0 N–H and O–H groups in total. The number of hydrogen-bond acceptors (Lipinski definition) is 5. The number of rotatable bonds is 4. The van der Waals surface area contributed by atoms with E-state index in [1.165, 1.54) is 4.88 Å². The molecule has 1 aromatic rings. The number of ether oxygens (including phenoxy) is 2. The topological polar surface area (TPSA) is 51.7 Å². The first-order valence-corrected chi connectivity index (χ1v) is 8.68. The van der Waals surface area contributed by atoms with Gasteiger partial charge in [-0.3, -0.25) is 0 Å². The summed E-state index contributed by atoms with van der Waals surface area (Å²) in [5.41, 5.74) is 2.49. The van der Waals surface area contributed by atoms with Crippen LogP contribution in [0.15, 0.2) is 5.51 Å². The van der Waals surface area contributed by atoms with Gasteiger partial charge in [-0.05, 0) is 46.5 Å². The monoisotopic (exact) mass is 326 g/mol. The molecule has 6 heteroatoms. The maximum Gasteiger partial charge on any atom is 0.410 e. The largest absolute Gasteiger partial charge is 0.444 e. The molecule has 1 aliphatic heterocycles. The lowest BCUT2D eigenvalue weighted by Gasteiger charge is -2.33. The van der Waals surface area contributed by atoms with E-state index in [0.717, 1.165) is 38.2 Å². The van der Waals surface area contributed by atoms with Crippen LogP contribution in [0.5, 0.6) is 0 Å². The Balaban J connectivity index is 1.67. The SMILES string of the molecule is Cc1ncsc1COCC1CCN(C(=O)OC(C)(C)C)CC1. The van der Waals surface area contributed by atoms with Crippen molar-refractivity contribution in [2.45, 2.75) is 52.7 Å². The molecular formula is C16H26N2O3S. The van der Waals surface area contributed by atoms with Crippen LogP contribution in [0, 0.1) is 12.8 Å². The molecule has 22 heavy (non-hydrogen) atoms. The molecule has 2 rings (SSSR count). The maximum absolute atomic E-state index is 12.0. The summed E-state index contributed by atoms with van der Waals surface area (Å²) in [5.74, 6) is 0.520. The highest BCUT2D eigenvalue weighted by Gasteiger charge is 2.26. The molecule has 0 spiro atoms. The predicted molar refractivity (Wildman–Crippen MR) is 87.0 cm³/mol. The van der Waals surface area contributed by atoms with Crippen molar-refractivity contribution in [1.82, 2.24) is 9.88 Å². The van der Waals surface area contributed by atoms with Gasteiger partial charge in [-0.1, -0.05) is 0 Å². The minimum absolute atomic E-state index is 0.202. The zero-order valence-electron chi connectivity index (χ0n) is 13.9. The van der Waals surface area contributed by atoms with Crippen molar-refractivity contribution in [3.05, 3.63) is 16.1 Å². The Hall–Kier alpha value is -1.14. The summed E-state index contributed by atoms with van der Waals surface area (Å²) < 4.78 is 11.2. The molecule has 124 valence electrons. The lowest BCUT2D eigenvalue weighted by Crippen LogP contribution is -2.42. The van der Waals surface area contributed by atoms with E-state index < -0.39 is 5.60 Å². The number of likely N-dealkylation sites (tertiary alicyclic amines) is 1. The number of carbonyl (C=O) groups excluding carboxylic acids is 1. The fourth-order valence-electron chi connectivity index (χ4n) is 2.39. The summed E-state index contributed by atoms with van der Waals surface area (Å²) in [5, 5.41) is 0. The molecule has 1 aromatic heterocycles. The number of amides is 1. The van der Waals surface area contributed by atoms with Gasteiger partial charge >= 0.3 is 6.09 Å². The molecule has 0 bridgehead atoms. The summed E-state index contributed by atoms with van der Waals surface area (Å²) in [7, 11) is 0. The molecule has 1 aliphatic rings. The van der Waals surface area contributed by atoms with Gasteiger partial charge in [0.25, 0.3) is 0 Å². The van der Waals surface area contributed by atoms with Crippen molar-refractivity contribution < 1.29 is 14.3 Å². The zero-order chi connectivity index (χ0) is 16.2. The molecule has 0 aliphatic carbocycles. The number of aromatic nitrogens is 1. The Kier molecular flexibility index (Phi) is 5.81. The highest BCUT2D eigenvalue weighted by molar-refractivity contribution is 7.09. The molecule has 0 saturated carbocycles. The Morgan fingerprint density at radius 1 is 1.41 bits per heavy atom. The fourth-order valence-corrected chi connectivity index (χ4v) is 3.10. The van der Waals surface area contributed by atoms with E-state index in [-0.39, 0.29) is 6.09 Å². The van der Waals surface area contributed by atoms with Crippen LogP contribution in [-0.2, 0) is 16.1 Å². The van der Waals surface area contributed by atoms with E-state index in [9.17, 15) is 4.79 Å². The maximum atomic E-state index is 12.0. The average molecular weight is 326 g/mol. The van der Waals surface area contributed by atoms with Crippen molar-refractivity contribution in [3.63, 3.8) is 0 Å². The van der Waals surface area contributed by atoms with Gasteiger partial charge in [0.1, 0.15) is 5.60 Å². The molecule has 0 radical (unpaired) electrons. The van der Waals surface area contributed by atoms with Gasteiger partial charge in [0.2, 0.25) is 0 Å². The lowest BCUT2D eigenvalue weighted by molar-refractivity contribution is 0.0106. The molecule has 1 amide bonds. The number of piperidine rings is 1. The number of thiazole rings is 1. The van der Waals surface area contributed by atoms with Crippen molar-refractivity contribution in [1.29, 1.82) is 0 Å². The number of hydrogen-bond donors (Lipinski definition) is 0. The molecule has 1 saturated heterocycles. The minimum atomic E-state index is -0.427. The predicted octanol–water partition coefficient (Wildman–Crippen LogP) is 3.62. The van der Waals surface area contributed by atoms with E-state index in [0.29, 0.717) is 12.5 Å². The van der Waals surface area contributed by atoms with Gasteiger partial charge < -0.3 is 14.4 Å². The average Bonchev–Trinajstić information content (AvgIpc) is 2.83. The molecular weight excluding hydrogens is 300 g/mol. The molecule has 1 fully saturated rings. The third-order valence-electron chi connectivity index (χ3n) is 3.70. The van der Waals surface area contributed by atoms with Gasteiger partial charge in [0, 0.05) is 13.1 Å². The van der Waals surface area contributed by atoms with Crippen LogP contribution < -0.4 is 0 Å².